The van der Waals surface area contributed by atoms with Gasteiger partial charge in [0.1, 0.15) is 19.4 Å². The number of hydrogen-bond acceptors (Lipinski definition) is 4. The lowest BCUT2D eigenvalue weighted by Gasteiger charge is -2.18. The van der Waals surface area contributed by atoms with Gasteiger partial charge in [-0.1, -0.05) is 25.6 Å². The van der Waals surface area contributed by atoms with Crippen LogP contribution >= 0.6 is 0 Å². The van der Waals surface area contributed by atoms with Crippen molar-refractivity contribution in [3.05, 3.63) is 0 Å². The monoisotopic (exact) mass is 326 g/mol. The Morgan fingerprint density at radius 1 is 1.23 bits per heavy atom. The number of nitrogens with one attached hydrogen (secondary N) is 1. The molecule has 0 aromatic carbocycles. The number of ether oxygens (including phenoxy) is 1. The maximum atomic E-state index is 11.6. The Hall–Kier alpha value is -1.81. The summed E-state index contributed by atoms with van der Waals surface area (Å²) in [6, 6.07) is 0. The Labute approximate surface area is 133 Å². The standard InChI is InChI=1S/C15H26N2O4Si/c1-15(2,3)21-14(20)17-16-12(8-7-9-13(18)19)10-11-22(4,5)6/h7-9H2,1-6H3,(H,17,20)(H,18,19). The number of aliphatic carboxylic acids is 1. The van der Waals surface area contributed by atoms with Crippen molar-refractivity contribution < 1.29 is 19.4 Å². The highest BCUT2D eigenvalue weighted by molar-refractivity contribution is 6.84. The summed E-state index contributed by atoms with van der Waals surface area (Å²) in [6.07, 6.45) is 0.211. The fraction of sp³-hybridized carbons (Fsp3) is 0.667. The van der Waals surface area contributed by atoms with Crippen molar-refractivity contribution >= 4 is 25.8 Å². The van der Waals surface area contributed by atoms with E-state index in [0.29, 0.717) is 18.6 Å². The first kappa shape index (κ1) is 20.2. The SMILES string of the molecule is CC(C)(C)OC(=O)NN=C(C#C[Si](C)(C)C)CCCC(=O)O. The summed E-state index contributed by atoms with van der Waals surface area (Å²) in [5, 5.41) is 12.6. The number of rotatable bonds is 5. The lowest BCUT2D eigenvalue weighted by molar-refractivity contribution is -0.137. The summed E-state index contributed by atoms with van der Waals surface area (Å²) in [5.41, 5.74) is 5.32. The fourth-order valence-corrected chi connectivity index (χ4v) is 1.75. The van der Waals surface area contributed by atoms with Gasteiger partial charge < -0.3 is 9.84 Å². The van der Waals surface area contributed by atoms with E-state index in [9.17, 15) is 9.59 Å². The molecule has 0 fully saturated rings. The van der Waals surface area contributed by atoms with Gasteiger partial charge in [0, 0.05) is 12.8 Å². The van der Waals surface area contributed by atoms with Crippen LogP contribution in [0.15, 0.2) is 5.10 Å². The van der Waals surface area contributed by atoms with Gasteiger partial charge in [0.15, 0.2) is 0 Å². The average Bonchev–Trinajstić information content (AvgIpc) is 2.28. The van der Waals surface area contributed by atoms with Gasteiger partial charge in [-0.25, -0.2) is 10.2 Å². The first-order valence-corrected chi connectivity index (χ1v) is 10.7. The van der Waals surface area contributed by atoms with Crippen molar-refractivity contribution in [3.8, 4) is 11.5 Å². The normalized spacial score (nSPS) is 12.2. The van der Waals surface area contributed by atoms with Gasteiger partial charge in [-0.15, -0.1) is 5.54 Å². The number of nitrogens with zero attached hydrogens (tertiary/aromatic N) is 1. The highest BCUT2D eigenvalue weighted by atomic mass is 28.3. The number of hydrazone groups is 1. The molecule has 0 atom stereocenters. The van der Waals surface area contributed by atoms with E-state index in [1.165, 1.54) is 0 Å². The molecule has 7 heteroatoms. The lowest BCUT2D eigenvalue weighted by atomic mass is 10.2. The van der Waals surface area contributed by atoms with Gasteiger partial charge in [-0.2, -0.15) is 5.10 Å². The van der Waals surface area contributed by atoms with Crippen molar-refractivity contribution in [1.82, 2.24) is 5.43 Å². The summed E-state index contributed by atoms with van der Waals surface area (Å²) in [7, 11) is -1.58. The third kappa shape index (κ3) is 13.2. The van der Waals surface area contributed by atoms with Crippen LogP contribution in [-0.2, 0) is 9.53 Å². The molecule has 0 aromatic rings. The molecular formula is C15H26N2O4Si. The highest BCUT2D eigenvalue weighted by Gasteiger charge is 2.15. The second-order valence-electron chi connectivity index (χ2n) is 6.92. The molecule has 2 N–H and O–H groups in total. The predicted molar refractivity (Wildman–Crippen MR) is 89.4 cm³/mol. The fourth-order valence-electron chi connectivity index (χ4n) is 1.23. The minimum absolute atomic E-state index is 0.0417. The smallest absolute Gasteiger partial charge is 0.428 e. The Morgan fingerprint density at radius 2 is 1.82 bits per heavy atom. The molecular weight excluding hydrogens is 300 g/mol. The summed E-state index contributed by atoms with van der Waals surface area (Å²) >= 11 is 0. The number of hydrogen-bond donors (Lipinski definition) is 2. The van der Waals surface area contributed by atoms with Crippen molar-refractivity contribution in [3.63, 3.8) is 0 Å². The minimum atomic E-state index is -1.58. The van der Waals surface area contributed by atoms with Gasteiger partial charge >= 0.3 is 12.1 Å². The molecule has 0 aliphatic heterocycles. The zero-order chi connectivity index (χ0) is 17.4. The lowest BCUT2D eigenvalue weighted by Crippen LogP contribution is -2.30. The maximum absolute atomic E-state index is 11.6. The molecule has 124 valence electrons. The number of carbonyl (C=O) groups is 2. The second kappa shape index (κ2) is 8.59. The van der Waals surface area contributed by atoms with Crippen LogP contribution in [0.1, 0.15) is 40.0 Å². The van der Waals surface area contributed by atoms with Crippen LogP contribution in [0, 0.1) is 11.5 Å². The Kier molecular flexibility index (Phi) is 7.88. The van der Waals surface area contributed by atoms with Crippen molar-refractivity contribution in [2.75, 3.05) is 0 Å². The van der Waals surface area contributed by atoms with Crippen molar-refractivity contribution in [2.24, 2.45) is 5.10 Å². The molecule has 0 spiro atoms. The first-order valence-electron chi connectivity index (χ1n) is 7.19. The average molecular weight is 326 g/mol. The van der Waals surface area contributed by atoms with E-state index in [1.54, 1.807) is 20.8 Å². The molecule has 0 bridgehead atoms. The molecule has 0 heterocycles. The highest BCUT2D eigenvalue weighted by Crippen LogP contribution is 2.06. The van der Waals surface area contributed by atoms with Crippen LogP contribution < -0.4 is 5.43 Å². The van der Waals surface area contributed by atoms with E-state index in [0.717, 1.165) is 0 Å². The van der Waals surface area contributed by atoms with Crippen LogP contribution in [0.4, 0.5) is 4.79 Å². The molecule has 0 saturated carbocycles. The molecule has 0 aromatic heterocycles. The number of carbonyl (C=O) groups excluding carboxylic acids is 1. The van der Waals surface area contributed by atoms with Crippen LogP contribution in [0.2, 0.25) is 19.6 Å². The molecule has 0 saturated heterocycles. The van der Waals surface area contributed by atoms with E-state index < -0.39 is 25.7 Å². The van der Waals surface area contributed by atoms with Gasteiger partial charge in [0.2, 0.25) is 0 Å². The topological polar surface area (TPSA) is 88.0 Å². The van der Waals surface area contributed by atoms with Crippen molar-refractivity contribution in [1.29, 1.82) is 0 Å². The largest absolute Gasteiger partial charge is 0.481 e. The molecule has 0 unspecified atom stereocenters. The summed E-state index contributed by atoms with van der Waals surface area (Å²) in [4.78, 5) is 22.1. The van der Waals surface area contributed by atoms with E-state index >= 15 is 0 Å². The third-order valence-corrected chi connectivity index (χ3v) is 2.94. The third-order valence-electron chi connectivity index (χ3n) is 2.07. The molecule has 0 radical (unpaired) electrons. The Balaban J connectivity index is 4.81. The van der Waals surface area contributed by atoms with Crippen LogP contribution in [-0.4, -0.2) is 36.6 Å². The van der Waals surface area contributed by atoms with Crippen LogP contribution in [0.5, 0.6) is 0 Å². The molecule has 0 aliphatic rings. The summed E-state index contributed by atoms with van der Waals surface area (Å²) in [5.74, 6) is 2.09. The summed E-state index contributed by atoms with van der Waals surface area (Å²) < 4.78 is 5.09. The number of amides is 1. The molecule has 1 amide bonds. The van der Waals surface area contributed by atoms with Crippen LogP contribution in [0.3, 0.4) is 0 Å². The number of carboxylic acid groups (broad SMARTS) is 1. The minimum Gasteiger partial charge on any atom is -0.481 e. The maximum Gasteiger partial charge on any atom is 0.428 e. The van der Waals surface area contributed by atoms with E-state index in [2.05, 4.69) is 41.6 Å². The van der Waals surface area contributed by atoms with Gasteiger partial charge in [0.25, 0.3) is 0 Å². The molecule has 6 nitrogen and oxygen atoms in total. The molecule has 0 rings (SSSR count). The molecule has 0 aliphatic carbocycles. The van der Waals surface area contributed by atoms with Crippen LogP contribution in [0.25, 0.3) is 0 Å². The van der Waals surface area contributed by atoms with Gasteiger partial charge in [0.05, 0.1) is 0 Å². The Bertz CT molecular complexity index is 490. The Morgan fingerprint density at radius 3 is 2.27 bits per heavy atom. The number of carboxylic acids is 1. The predicted octanol–water partition coefficient (Wildman–Crippen LogP) is 3.00. The molecule has 22 heavy (non-hydrogen) atoms. The van der Waals surface area contributed by atoms with Crippen molar-refractivity contribution in [2.45, 2.75) is 65.3 Å². The zero-order valence-electron chi connectivity index (χ0n) is 14.2. The van der Waals surface area contributed by atoms with E-state index in [4.69, 9.17) is 9.84 Å². The quantitative estimate of drug-likeness (QED) is 0.352. The zero-order valence-corrected chi connectivity index (χ0v) is 15.2. The second-order valence-corrected chi connectivity index (χ2v) is 11.7. The van der Waals surface area contributed by atoms with Gasteiger partial charge in [-0.05, 0) is 27.2 Å². The summed E-state index contributed by atoms with van der Waals surface area (Å²) in [6.45, 7) is 11.6. The first-order chi connectivity index (χ1) is 9.89. The van der Waals surface area contributed by atoms with Gasteiger partial charge in [-0.3, -0.25) is 4.79 Å². The van der Waals surface area contributed by atoms with E-state index in [1.807, 2.05) is 0 Å². The van der Waals surface area contributed by atoms with E-state index in [-0.39, 0.29) is 6.42 Å².